The van der Waals surface area contributed by atoms with E-state index in [1.165, 1.54) is 6.07 Å². The number of halogens is 3. The van der Waals surface area contributed by atoms with Crippen molar-refractivity contribution in [3.05, 3.63) is 76.1 Å². The number of aromatic nitrogens is 2. The van der Waals surface area contributed by atoms with Crippen molar-refractivity contribution in [2.75, 3.05) is 18.5 Å². The van der Waals surface area contributed by atoms with E-state index in [0.717, 1.165) is 12.1 Å². The molecule has 39 heavy (non-hydrogen) atoms. The molecule has 3 heterocycles. The Morgan fingerprint density at radius 3 is 2.69 bits per heavy atom. The third kappa shape index (κ3) is 5.16. The van der Waals surface area contributed by atoms with Gasteiger partial charge in [0.25, 0.3) is 0 Å². The van der Waals surface area contributed by atoms with Gasteiger partial charge in [-0.15, -0.1) is 0 Å². The number of carbonyl (C=O) groups is 1. The summed E-state index contributed by atoms with van der Waals surface area (Å²) in [7, 11) is 0. The van der Waals surface area contributed by atoms with Crippen LogP contribution >= 0.6 is 11.6 Å². The summed E-state index contributed by atoms with van der Waals surface area (Å²) in [6, 6.07) is 9.16. The Morgan fingerprint density at radius 2 is 2.00 bits per heavy atom. The molecule has 0 saturated heterocycles. The second-order valence-electron chi connectivity index (χ2n) is 10.4. The zero-order chi connectivity index (χ0) is 28.1. The lowest BCUT2D eigenvalue weighted by molar-refractivity contribution is -0.160. The number of rotatable bonds is 6. The summed E-state index contributed by atoms with van der Waals surface area (Å²) < 4.78 is 41.0. The van der Waals surface area contributed by atoms with E-state index in [1.807, 2.05) is 6.07 Å². The van der Waals surface area contributed by atoms with Crippen LogP contribution in [-0.4, -0.2) is 39.4 Å². The van der Waals surface area contributed by atoms with Crippen molar-refractivity contribution in [2.45, 2.75) is 45.9 Å². The van der Waals surface area contributed by atoms with E-state index in [0.29, 0.717) is 68.6 Å². The van der Waals surface area contributed by atoms with Crippen molar-refractivity contribution in [1.29, 1.82) is 0 Å². The smallest absolute Gasteiger partial charge is 0.337 e. The van der Waals surface area contributed by atoms with Crippen LogP contribution in [0, 0.1) is 18.6 Å². The zero-order valence-corrected chi connectivity index (χ0v) is 22.7. The molecule has 0 radical (unpaired) electrons. The average Bonchev–Trinajstić information content (AvgIpc) is 3.26. The molecule has 2 aromatic carbocycles. The minimum absolute atomic E-state index is 0.222. The van der Waals surface area contributed by atoms with Gasteiger partial charge in [-0.2, -0.15) is 0 Å². The lowest BCUT2D eigenvalue weighted by Crippen LogP contribution is -2.28. The van der Waals surface area contributed by atoms with Crippen molar-refractivity contribution < 1.29 is 28.2 Å². The highest BCUT2D eigenvalue weighted by Crippen LogP contribution is 2.47. The Labute approximate surface area is 229 Å². The number of hydrogen-bond acceptors (Lipinski definition) is 5. The van der Waals surface area contributed by atoms with Gasteiger partial charge in [0.2, 0.25) is 0 Å². The average molecular weight is 556 g/mol. The molecular weight excluding hydrogens is 528 g/mol. The molecule has 0 spiro atoms. The third-order valence-corrected chi connectivity index (χ3v) is 6.86. The topological polar surface area (TPSA) is 85.6 Å². The van der Waals surface area contributed by atoms with Crippen molar-refractivity contribution in [2.24, 2.45) is 0 Å². The number of benzene rings is 2. The molecule has 10 heteroatoms. The van der Waals surface area contributed by atoms with Crippen LogP contribution in [0.25, 0.3) is 22.2 Å². The van der Waals surface area contributed by atoms with E-state index in [4.69, 9.17) is 26.1 Å². The number of nitrogens with one attached hydrogen (secondary N) is 1. The van der Waals surface area contributed by atoms with Crippen molar-refractivity contribution in [3.63, 3.8) is 0 Å². The number of carboxylic acid groups (broad SMARTS) is 1. The number of aryl methyl sites for hydroxylation is 1. The number of ether oxygens (including phenoxy) is 2. The first kappa shape index (κ1) is 26.9. The molecule has 5 rings (SSSR count). The van der Waals surface area contributed by atoms with Crippen molar-refractivity contribution in [3.8, 4) is 16.9 Å². The van der Waals surface area contributed by atoms with Crippen LogP contribution in [0.2, 0.25) is 5.02 Å². The number of hydrogen-bond donors (Lipinski definition) is 2. The largest absolute Gasteiger partial charge is 0.490 e. The minimum atomic E-state index is -1.33. The Morgan fingerprint density at radius 1 is 1.23 bits per heavy atom. The van der Waals surface area contributed by atoms with E-state index in [-0.39, 0.29) is 6.54 Å². The Bertz CT molecular complexity index is 1600. The molecule has 2 N–H and O–H groups in total. The first-order valence-corrected chi connectivity index (χ1v) is 12.9. The van der Waals surface area contributed by atoms with Gasteiger partial charge in [-0.1, -0.05) is 17.7 Å². The second-order valence-corrected chi connectivity index (χ2v) is 10.8. The molecule has 1 aliphatic rings. The fourth-order valence-corrected chi connectivity index (χ4v) is 5.18. The van der Waals surface area contributed by atoms with Crippen LogP contribution in [0.5, 0.6) is 5.75 Å². The summed E-state index contributed by atoms with van der Waals surface area (Å²) in [6.07, 6.45) is 0.447. The highest BCUT2D eigenvalue weighted by Gasteiger charge is 2.34. The highest BCUT2D eigenvalue weighted by molar-refractivity contribution is 6.37. The monoisotopic (exact) mass is 555 g/mol. The van der Waals surface area contributed by atoms with Crippen LogP contribution < -0.4 is 10.1 Å². The molecule has 0 aliphatic carbocycles. The van der Waals surface area contributed by atoms with E-state index < -0.39 is 29.3 Å². The summed E-state index contributed by atoms with van der Waals surface area (Å²) in [6.45, 7) is 8.38. The van der Waals surface area contributed by atoms with E-state index in [2.05, 4.69) is 5.32 Å². The Kier molecular flexibility index (Phi) is 6.99. The van der Waals surface area contributed by atoms with Gasteiger partial charge in [0.15, 0.2) is 17.7 Å². The first-order chi connectivity index (χ1) is 18.4. The second kappa shape index (κ2) is 10.1. The lowest BCUT2D eigenvalue weighted by Gasteiger charge is -2.28. The Hall–Kier alpha value is -3.69. The van der Waals surface area contributed by atoms with Gasteiger partial charge in [-0.3, -0.25) is 0 Å². The molecule has 0 saturated carbocycles. The number of anilines is 1. The van der Waals surface area contributed by atoms with Gasteiger partial charge in [0.1, 0.15) is 18.0 Å². The maximum absolute atomic E-state index is 13.9. The van der Waals surface area contributed by atoms with Crippen molar-refractivity contribution in [1.82, 2.24) is 9.55 Å². The van der Waals surface area contributed by atoms with Gasteiger partial charge in [0.05, 0.1) is 16.3 Å². The molecule has 4 aromatic rings. The van der Waals surface area contributed by atoms with Gasteiger partial charge >= 0.3 is 5.97 Å². The molecule has 204 valence electrons. The molecule has 1 atom stereocenters. The maximum atomic E-state index is 13.9. The number of carboxylic acids is 1. The standard InChI is InChI=1S/C29H28ClF2N3O4/c1-15-22(26(28(36)37)39-29(2,3)4)23(17-6-8-21-25(24(17)30)33-10-12-38-21)18-9-11-35(27(18)34-15)14-16-5-7-19(31)20(32)13-16/h5-9,11,13,26,33H,10,12,14H2,1-4H3,(H,36,37). The van der Waals surface area contributed by atoms with E-state index in [9.17, 15) is 18.7 Å². The minimum Gasteiger partial charge on any atom is -0.490 e. The maximum Gasteiger partial charge on any atom is 0.337 e. The highest BCUT2D eigenvalue weighted by atomic mass is 35.5. The summed E-state index contributed by atoms with van der Waals surface area (Å²) in [5.74, 6) is -2.41. The number of pyridine rings is 1. The van der Waals surface area contributed by atoms with Crippen LogP contribution in [0.4, 0.5) is 14.5 Å². The summed E-state index contributed by atoms with van der Waals surface area (Å²) in [5.41, 5.74) is 2.92. The zero-order valence-electron chi connectivity index (χ0n) is 21.9. The fourth-order valence-electron chi connectivity index (χ4n) is 4.86. The molecule has 7 nitrogen and oxygen atoms in total. The molecule has 0 amide bonds. The quantitative estimate of drug-likeness (QED) is 0.274. The third-order valence-electron chi connectivity index (χ3n) is 6.47. The van der Waals surface area contributed by atoms with Crippen LogP contribution in [0.3, 0.4) is 0 Å². The van der Waals surface area contributed by atoms with Gasteiger partial charge in [-0.25, -0.2) is 18.6 Å². The molecular formula is C29H28ClF2N3O4. The van der Waals surface area contributed by atoms with E-state index >= 15 is 0 Å². The number of aliphatic carboxylic acids is 1. The summed E-state index contributed by atoms with van der Waals surface area (Å²) in [4.78, 5) is 17.4. The normalized spacial score (nSPS) is 14.0. The predicted octanol–water partition coefficient (Wildman–Crippen LogP) is 6.74. The number of nitrogens with zero attached hydrogens (tertiary/aromatic N) is 2. The van der Waals surface area contributed by atoms with Gasteiger partial charge < -0.3 is 24.5 Å². The molecule has 0 bridgehead atoms. The van der Waals surface area contributed by atoms with Crippen molar-refractivity contribution >= 4 is 34.3 Å². The van der Waals surface area contributed by atoms with Crippen LogP contribution in [0.1, 0.15) is 43.7 Å². The predicted molar refractivity (Wildman–Crippen MR) is 146 cm³/mol. The molecule has 0 fully saturated rings. The van der Waals surface area contributed by atoms with Crippen LogP contribution in [0.15, 0.2) is 42.6 Å². The summed E-state index contributed by atoms with van der Waals surface area (Å²) >= 11 is 6.94. The van der Waals surface area contributed by atoms with Gasteiger partial charge in [-0.05, 0) is 63.6 Å². The SMILES string of the molecule is Cc1nc2c(ccn2Cc2ccc(F)c(F)c2)c(-c2ccc3c(c2Cl)NCCO3)c1C(OC(C)(C)C)C(=O)O. The van der Waals surface area contributed by atoms with Gasteiger partial charge in [0, 0.05) is 47.1 Å². The molecule has 2 aromatic heterocycles. The number of fused-ring (bicyclic) bond motifs is 2. The van der Waals surface area contributed by atoms with E-state index in [1.54, 1.807) is 50.6 Å². The summed E-state index contributed by atoms with van der Waals surface area (Å²) in [5, 5.41) is 14.6. The first-order valence-electron chi connectivity index (χ1n) is 12.5. The fraction of sp³-hybridized carbons (Fsp3) is 0.310. The molecule has 1 aliphatic heterocycles. The Balaban J connectivity index is 1.77. The lowest BCUT2D eigenvalue weighted by atomic mass is 9.91. The molecule has 1 unspecified atom stereocenters. The van der Waals surface area contributed by atoms with Crippen LogP contribution in [-0.2, 0) is 16.1 Å².